The molecule has 7 rings (SSSR count). The van der Waals surface area contributed by atoms with E-state index < -0.39 is 0 Å². The summed E-state index contributed by atoms with van der Waals surface area (Å²) in [5.41, 5.74) is 7.50. The van der Waals surface area contributed by atoms with Crippen LogP contribution in [0.15, 0.2) is 156 Å². The monoisotopic (exact) mass is 557 g/mol. The van der Waals surface area contributed by atoms with Crippen LogP contribution in [0, 0.1) is 11.8 Å². The second-order valence-corrected chi connectivity index (χ2v) is 10.9. The molecular weight excluding hydrogens is 526 g/mol. The molecule has 0 bridgehead atoms. The van der Waals surface area contributed by atoms with Crippen LogP contribution in [-0.4, -0.2) is 21.6 Å². The van der Waals surface area contributed by atoms with Crippen LogP contribution in [0.2, 0.25) is 0 Å². The SMILES string of the molecule is C=C/C=C\[C@H]1C=C(C2=NC(c3ccccc3)N=C(c3ccc4ccccc4c3-c3ccc(-c4ccncn4)cc3)N2)[C@@H]1C. The average Bonchev–Trinajstić information content (AvgIpc) is 3.08. The molecule has 2 heterocycles. The minimum absolute atomic E-state index is 0.337. The van der Waals surface area contributed by atoms with Crippen molar-refractivity contribution in [1.82, 2.24) is 15.3 Å². The maximum Gasteiger partial charge on any atom is 0.169 e. The van der Waals surface area contributed by atoms with Crippen LogP contribution in [0.3, 0.4) is 0 Å². The number of nitrogens with one attached hydrogen (secondary N) is 1. The molecule has 3 atom stereocenters. The van der Waals surface area contributed by atoms with Gasteiger partial charge in [0.15, 0.2) is 6.17 Å². The molecule has 1 aromatic heterocycles. The lowest BCUT2D eigenvalue weighted by atomic mass is 9.75. The van der Waals surface area contributed by atoms with Gasteiger partial charge in [0.1, 0.15) is 18.0 Å². The maximum absolute atomic E-state index is 5.21. The van der Waals surface area contributed by atoms with E-state index in [9.17, 15) is 0 Å². The summed E-state index contributed by atoms with van der Waals surface area (Å²) in [6.45, 7) is 6.07. The maximum atomic E-state index is 5.21. The number of nitrogens with zero attached hydrogens (tertiary/aromatic N) is 4. The number of aliphatic imine (C=N–C) groups is 2. The number of amidine groups is 2. The molecule has 208 valence electrons. The van der Waals surface area contributed by atoms with Crippen molar-refractivity contribution in [2.24, 2.45) is 21.8 Å². The Kier molecular flexibility index (Phi) is 7.05. The standard InChI is InChI=1S/C38H31N5/c1-3-4-10-30-23-33(25(30)2)38-42-36(29-12-6-5-7-13-29)41-37(43-38)32-20-19-26-11-8-9-14-31(26)35(32)28-17-15-27(16-18-28)34-21-22-39-24-40-34/h3-25,30,36H,1H2,2H3,(H,41,42,43)/b10-4-/t25-,30+,36?/m1/s1. The number of hydrogen-bond donors (Lipinski definition) is 1. The van der Waals surface area contributed by atoms with Crippen LogP contribution in [0.1, 0.15) is 24.2 Å². The molecule has 1 N–H and O–H groups in total. The lowest BCUT2D eigenvalue weighted by Gasteiger charge is -2.35. The van der Waals surface area contributed by atoms with Gasteiger partial charge < -0.3 is 5.32 Å². The molecule has 5 aromatic rings. The Labute approximate surface area is 251 Å². The molecule has 0 amide bonds. The van der Waals surface area contributed by atoms with Crippen molar-refractivity contribution < 1.29 is 0 Å². The molecule has 0 saturated carbocycles. The van der Waals surface area contributed by atoms with E-state index in [4.69, 9.17) is 9.98 Å². The van der Waals surface area contributed by atoms with Crippen LogP contribution in [0.5, 0.6) is 0 Å². The summed E-state index contributed by atoms with van der Waals surface area (Å²) in [6, 6.07) is 33.7. The number of benzene rings is 4. The smallest absolute Gasteiger partial charge is 0.169 e. The molecule has 0 radical (unpaired) electrons. The summed E-state index contributed by atoms with van der Waals surface area (Å²) >= 11 is 0. The molecule has 43 heavy (non-hydrogen) atoms. The van der Waals surface area contributed by atoms with Gasteiger partial charge in [-0.3, -0.25) is 0 Å². The van der Waals surface area contributed by atoms with E-state index in [0.717, 1.165) is 45.2 Å². The summed E-state index contributed by atoms with van der Waals surface area (Å²) in [4.78, 5) is 18.8. The van der Waals surface area contributed by atoms with Crippen LogP contribution >= 0.6 is 0 Å². The number of fused-ring (bicyclic) bond motifs is 1. The average molecular weight is 558 g/mol. The fourth-order valence-corrected chi connectivity index (χ4v) is 5.87. The van der Waals surface area contributed by atoms with Gasteiger partial charge in [-0.25, -0.2) is 20.0 Å². The zero-order valence-corrected chi connectivity index (χ0v) is 23.9. The van der Waals surface area contributed by atoms with Crippen molar-refractivity contribution in [3.8, 4) is 22.4 Å². The van der Waals surface area contributed by atoms with Crippen LogP contribution in [0.4, 0.5) is 0 Å². The highest BCUT2D eigenvalue weighted by atomic mass is 15.2. The Hall–Kier alpha value is -5.42. The summed E-state index contributed by atoms with van der Waals surface area (Å²) in [7, 11) is 0. The van der Waals surface area contributed by atoms with Crippen molar-refractivity contribution in [3.63, 3.8) is 0 Å². The van der Waals surface area contributed by atoms with Gasteiger partial charge in [-0.2, -0.15) is 0 Å². The quantitative estimate of drug-likeness (QED) is 0.205. The first kappa shape index (κ1) is 26.5. The zero-order chi connectivity index (χ0) is 29.2. The van der Waals surface area contributed by atoms with Crippen LogP contribution < -0.4 is 5.32 Å². The van der Waals surface area contributed by atoms with Crippen molar-refractivity contribution in [2.75, 3.05) is 0 Å². The third-order valence-corrected chi connectivity index (χ3v) is 8.26. The summed E-state index contributed by atoms with van der Waals surface area (Å²) < 4.78 is 0. The van der Waals surface area contributed by atoms with E-state index in [-0.39, 0.29) is 6.17 Å². The second kappa shape index (κ2) is 11.5. The first-order valence-corrected chi connectivity index (χ1v) is 14.6. The summed E-state index contributed by atoms with van der Waals surface area (Å²) in [5.74, 6) is 2.40. The molecular formula is C38H31N5. The van der Waals surface area contributed by atoms with E-state index in [0.29, 0.717) is 11.8 Å². The van der Waals surface area contributed by atoms with Gasteiger partial charge in [-0.1, -0.05) is 129 Å². The van der Waals surface area contributed by atoms with Crippen molar-refractivity contribution in [2.45, 2.75) is 13.1 Å². The largest absolute Gasteiger partial charge is 0.325 e. The van der Waals surface area contributed by atoms with Crippen molar-refractivity contribution in [3.05, 3.63) is 157 Å². The minimum atomic E-state index is -0.345. The Morgan fingerprint density at radius 3 is 2.33 bits per heavy atom. The predicted octanol–water partition coefficient (Wildman–Crippen LogP) is 8.35. The highest BCUT2D eigenvalue weighted by molar-refractivity contribution is 6.20. The van der Waals surface area contributed by atoms with Gasteiger partial charge in [-0.05, 0) is 39.5 Å². The first-order valence-electron chi connectivity index (χ1n) is 14.6. The minimum Gasteiger partial charge on any atom is -0.325 e. The van der Waals surface area contributed by atoms with E-state index >= 15 is 0 Å². The van der Waals surface area contributed by atoms with E-state index in [1.54, 1.807) is 12.5 Å². The van der Waals surface area contributed by atoms with Gasteiger partial charge in [-0.15, -0.1) is 0 Å². The Morgan fingerprint density at radius 2 is 1.56 bits per heavy atom. The Bertz CT molecular complexity index is 1920. The highest BCUT2D eigenvalue weighted by Gasteiger charge is 2.33. The number of hydrogen-bond acceptors (Lipinski definition) is 5. The molecule has 4 aromatic carbocycles. The third kappa shape index (κ3) is 5.10. The lowest BCUT2D eigenvalue weighted by molar-refractivity contribution is 0.526. The molecule has 0 saturated heterocycles. The predicted molar refractivity (Wildman–Crippen MR) is 177 cm³/mol. The summed E-state index contributed by atoms with van der Waals surface area (Å²) in [6.07, 6.45) is 11.3. The molecule has 1 unspecified atom stereocenters. The molecule has 0 fully saturated rings. The van der Waals surface area contributed by atoms with Gasteiger partial charge in [0.25, 0.3) is 0 Å². The normalized spacial score (nSPS) is 19.7. The number of rotatable bonds is 7. The van der Waals surface area contributed by atoms with Crippen molar-refractivity contribution in [1.29, 1.82) is 0 Å². The molecule has 2 aliphatic rings. The Morgan fingerprint density at radius 1 is 0.791 bits per heavy atom. The molecule has 1 aliphatic carbocycles. The summed E-state index contributed by atoms with van der Waals surface area (Å²) in [5, 5.41) is 6.01. The third-order valence-electron chi connectivity index (χ3n) is 8.26. The van der Waals surface area contributed by atoms with Gasteiger partial charge in [0, 0.05) is 28.8 Å². The first-order chi connectivity index (χ1) is 21.2. The van der Waals surface area contributed by atoms with E-state index in [1.165, 1.54) is 16.3 Å². The number of allylic oxidation sites excluding steroid dienone is 4. The topological polar surface area (TPSA) is 62.5 Å². The van der Waals surface area contributed by atoms with Gasteiger partial charge in [0.2, 0.25) is 0 Å². The van der Waals surface area contributed by atoms with Crippen molar-refractivity contribution >= 4 is 22.4 Å². The van der Waals surface area contributed by atoms with Crippen LogP contribution in [-0.2, 0) is 0 Å². The van der Waals surface area contributed by atoms with E-state index in [1.807, 2.05) is 36.4 Å². The highest BCUT2D eigenvalue weighted by Crippen LogP contribution is 2.38. The fourth-order valence-electron chi connectivity index (χ4n) is 5.87. The number of aromatic nitrogens is 2. The molecule has 0 spiro atoms. The fraction of sp³-hybridized carbons (Fsp3) is 0.105. The second-order valence-electron chi connectivity index (χ2n) is 10.9. The molecule has 1 aliphatic heterocycles. The van der Waals surface area contributed by atoms with Gasteiger partial charge in [0.05, 0.1) is 5.69 Å². The lowest BCUT2D eigenvalue weighted by Crippen LogP contribution is -2.41. The Balaban J connectivity index is 1.35. The van der Waals surface area contributed by atoms with Gasteiger partial charge >= 0.3 is 0 Å². The molecule has 5 nitrogen and oxygen atoms in total. The molecule has 5 heteroatoms. The van der Waals surface area contributed by atoms with E-state index in [2.05, 4.69) is 114 Å². The zero-order valence-electron chi connectivity index (χ0n) is 23.9. The van der Waals surface area contributed by atoms with Crippen LogP contribution in [0.25, 0.3) is 33.2 Å².